The van der Waals surface area contributed by atoms with Crippen LogP contribution < -0.4 is 5.32 Å². The standard InChI is InChI=1S/C14H21FN2O/c1-10(2)16-14(18)9-17(4)11(3)12-5-7-13(15)8-6-12/h5-8,10-11H,9H2,1-4H3,(H,16,18). The minimum absolute atomic E-state index is 0.00135. The summed E-state index contributed by atoms with van der Waals surface area (Å²) in [5, 5.41) is 2.85. The van der Waals surface area contributed by atoms with Crippen LogP contribution in [0.3, 0.4) is 0 Å². The van der Waals surface area contributed by atoms with Gasteiger partial charge in [0.2, 0.25) is 5.91 Å². The fourth-order valence-electron chi connectivity index (χ4n) is 1.73. The summed E-state index contributed by atoms with van der Waals surface area (Å²) in [6.07, 6.45) is 0. The number of hydrogen-bond donors (Lipinski definition) is 1. The van der Waals surface area contributed by atoms with Crippen LogP contribution in [0.25, 0.3) is 0 Å². The summed E-state index contributed by atoms with van der Waals surface area (Å²) in [6.45, 7) is 6.19. The van der Waals surface area contributed by atoms with E-state index >= 15 is 0 Å². The fourth-order valence-corrected chi connectivity index (χ4v) is 1.73. The Balaban J connectivity index is 2.58. The number of benzene rings is 1. The van der Waals surface area contributed by atoms with Crippen LogP contribution >= 0.6 is 0 Å². The third-order valence-corrected chi connectivity index (χ3v) is 2.86. The molecular formula is C14H21FN2O. The van der Waals surface area contributed by atoms with Crippen LogP contribution in [0.5, 0.6) is 0 Å². The van der Waals surface area contributed by atoms with Crippen molar-refractivity contribution in [3.05, 3.63) is 35.6 Å². The van der Waals surface area contributed by atoms with Crippen molar-refractivity contribution in [3.63, 3.8) is 0 Å². The van der Waals surface area contributed by atoms with Gasteiger partial charge in [-0.05, 0) is 45.5 Å². The highest BCUT2D eigenvalue weighted by atomic mass is 19.1. The molecule has 18 heavy (non-hydrogen) atoms. The van der Waals surface area contributed by atoms with Crippen LogP contribution in [0.1, 0.15) is 32.4 Å². The first-order valence-corrected chi connectivity index (χ1v) is 6.15. The molecule has 0 bridgehead atoms. The van der Waals surface area contributed by atoms with Crippen molar-refractivity contribution < 1.29 is 9.18 Å². The van der Waals surface area contributed by atoms with E-state index in [1.165, 1.54) is 12.1 Å². The number of halogens is 1. The molecule has 0 radical (unpaired) electrons. The van der Waals surface area contributed by atoms with Crippen LogP contribution in [0.2, 0.25) is 0 Å². The SMILES string of the molecule is CC(C)NC(=O)CN(C)C(C)c1ccc(F)cc1. The van der Waals surface area contributed by atoms with Crippen molar-refractivity contribution in [1.29, 1.82) is 0 Å². The molecule has 0 aromatic heterocycles. The first kappa shape index (κ1) is 14.6. The normalized spacial score (nSPS) is 12.8. The third kappa shape index (κ3) is 4.45. The maximum atomic E-state index is 12.8. The molecule has 0 fully saturated rings. The van der Waals surface area contributed by atoms with E-state index in [4.69, 9.17) is 0 Å². The average Bonchev–Trinajstić information content (AvgIpc) is 2.27. The summed E-state index contributed by atoms with van der Waals surface area (Å²) < 4.78 is 12.8. The molecule has 0 saturated heterocycles. The summed E-state index contributed by atoms with van der Waals surface area (Å²) in [5.41, 5.74) is 0.997. The average molecular weight is 252 g/mol. The van der Waals surface area contributed by atoms with Gasteiger partial charge < -0.3 is 5.32 Å². The van der Waals surface area contributed by atoms with E-state index in [0.717, 1.165) is 5.56 Å². The second-order valence-electron chi connectivity index (χ2n) is 4.86. The molecule has 1 aromatic rings. The Kier molecular flexibility index (Phi) is 5.28. The van der Waals surface area contributed by atoms with Crippen LogP contribution in [0.15, 0.2) is 24.3 Å². The second-order valence-corrected chi connectivity index (χ2v) is 4.86. The van der Waals surface area contributed by atoms with Gasteiger partial charge in [-0.3, -0.25) is 9.69 Å². The monoisotopic (exact) mass is 252 g/mol. The zero-order chi connectivity index (χ0) is 13.7. The molecule has 1 atom stereocenters. The Morgan fingerprint density at radius 1 is 1.28 bits per heavy atom. The molecule has 0 aliphatic carbocycles. The summed E-state index contributed by atoms with van der Waals surface area (Å²) in [5.74, 6) is -0.243. The second kappa shape index (κ2) is 6.50. The highest BCUT2D eigenvalue weighted by Crippen LogP contribution is 2.18. The van der Waals surface area contributed by atoms with Crippen LogP contribution in [0.4, 0.5) is 4.39 Å². The van der Waals surface area contributed by atoms with Crippen molar-refractivity contribution in [2.75, 3.05) is 13.6 Å². The molecule has 0 saturated carbocycles. The Morgan fingerprint density at radius 2 is 1.83 bits per heavy atom. The molecule has 1 rings (SSSR count). The highest BCUT2D eigenvalue weighted by molar-refractivity contribution is 5.78. The molecule has 100 valence electrons. The number of rotatable bonds is 5. The fraction of sp³-hybridized carbons (Fsp3) is 0.500. The van der Waals surface area contributed by atoms with Gasteiger partial charge in [0.25, 0.3) is 0 Å². The summed E-state index contributed by atoms with van der Waals surface area (Å²) in [4.78, 5) is 13.6. The van der Waals surface area contributed by atoms with Crippen LogP contribution in [-0.4, -0.2) is 30.4 Å². The van der Waals surface area contributed by atoms with Crippen molar-refractivity contribution in [2.24, 2.45) is 0 Å². The summed E-state index contributed by atoms with van der Waals surface area (Å²) in [6, 6.07) is 6.59. The Bertz CT molecular complexity index is 389. The van der Waals surface area contributed by atoms with Gasteiger partial charge in [-0.25, -0.2) is 4.39 Å². The maximum Gasteiger partial charge on any atom is 0.234 e. The van der Waals surface area contributed by atoms with Crippen molar-refractivity contribution in [3.8, 4) is 0 Å². The molecule has 0 aliphatic rings. The largest absolute Gasteiger partial charge is 0.353 e. The van der Waals surface area contributed by atoms with Crippen LogP contribution in [0, 0.1) is 5.82 Å². The van der Waals surface area contributed by atoms with Crippen molar-refractivity contribution >= 4 is 5.91 Å². The number of carbonyl (C=O) groups excluding carboxylic acids is 1. The van der Waals surface area contributed by atoms with Crippen molar-refractivity contribution in [1.82, 2.24) is 10.2 Å². The zero-order valence-corrected chi connectivity index (χ0v) is 11.4. The molecule has 1 N–H and O–H groups in total. The van der Waals surface area contributed by atoms with E-state index in [-0.39, 0.29) is 23.8 Å². The Hall–Kier alpha value is -1.42. The maximum absolute atomic E-state index is 12.8. The number of likely N-dealkylation sites (N-methyl/N-ethyl adjacent to an activating group) is 1. The third-order valence-electron chi connectivity index (χ3n) is 2.86. The van der Waals surface area contributed by atoms with E-state index in [1.807, 2.05) is 32.7 Å². The number of hydrogen-bond acceptors (Lipinski definition) is 2. The lowest BCUT2D eigenvalue weighted by atomic mass is 10.1. The van der Waals surface area contributed by atoms with Crippen molar-refractivity contribution in [2.45, 2.75) is 32.9 Å². The van der Waals surface area contributed by atoms with Crippen LogP contribution in [-0.2, 0) is 4.79 Å². The predicted octanol–water partition coefficient (Wildman–Crippen LogP) is 2.34. The molecule has 0 spiro atoms. The topological polar surface area (TPSA) is 32.3 Å². The minimum atomic E-state index is -0.244. The molecule has 3 nitrogen and oxygen atoms in total. The van der Waals surface area contributed by atoms with Gasteiger partial charge in [0.15, 0.2) is 0 Å². The van der Waals surface area contributed by atoms with Gasteiger partial charge in [0.05, 0.1) is 6.54 Å². The summed E-state index contributed by atoms with van der Waals surface area (Å²) >= 11 is 0. The molecule has 1 amide bonds. The van der Waals surface area contributed by atoms with Gasteiger partial charge in [0, 0.05) is 12.1 Å². The molecule has 1 unspecified atom stereocenters. The molecule has 0 aliphatic heterocycles. The molecule has 0 heterocycles. The van der Waals surface area contributed by atoms with Gasteiger partial charge in [-0.2, -0.15) is 0 Å². The Morgan fingerprint density at radius 3 is 2.33 bits per heavy atom. The van der Waals surface area contributed by atoms with E-state index < -0.39 is 0 Å². The molecule has 1 aromatic carbocycles. The Labute approximate surface area is 108 Å². The van der Waals surface area contributed by atoms with Gasteiger partial charge in [0.1, 0.15) is 5.82 Å². The lowest BCUT2D eigenvalue weighted by molar-refractivity contribution is -0.122. The van der Waals surface area contributed by atoms with Gasteiger partial charge >= 0.3 is 0 Å². The van der Waals surface area contributed by atoms with E-state index in [2.05, 4.69) is 5.32 Å². The quantitative estimate of drug-likeness (QED) is 0.872. The smallest absolute Gasteiger partial charge is 0.234 e. The lowest BCUT2D eigenvalue weighted by Crippen LogP contribution is -2.39. The molecule has 4 heteroatoms. The number of amides is 1. The predicted molar refractivity (Wildman–Crippen MR) is 70.7 cm³/mol. The summed E-state index contributed by atoms with van der Waals surface area (Å²) in [7, 11) is 1.88. The van der Waals surface area contributed by atoms with Gasteiger partial charge in [-0.1, -0.05) is 12.1 Å². The lowest BCUT2D eigenvalue weighted by Gasteiger charge is -2.25. The zero-order valence-electron chi connectivity index (χ0n) is 11.4. The highest BCUT2D eigenvalue weighted by Gasteiger charge is 2.15. The van der Waals surface area contributed by atoms with E-state index in [9.17, 15) is 9.18 Å². The number of nitrogens with one attached hydrogen (secondary N) is 1. The number of carbonyl (C=O) groups is 1. The van der Waals surface area contributed by atoms with E-state index in [0.29, 0.717) is 6.54 Å². The van der Waals surface area contributed by atoms with E-state index in [1.54, 1.807) is 12.1 Å². The first-order valence-electron chi connectivity index (χ1n) is 6.15. The number of nitrogens with zero attached hydrogens (tertiary/aromatic N) is 1. The minimum Gasteiger partial charge on any atom is -0.353 e. The van der Waals surface area contributed by atoms with Gasteiger partial charge in [-0.15, -0.1) is 0 Å². The first-order chi connectivity index (χ1) is 8.40. The molecular weight excluding hydrogens is 231 g/mol.